The van der Waals surface area contributed by atoms with Gasteiger partial charge in [0.2, 0.25) is 5.91 Å². The van der Waals surface area contributed by atoms with Crippen LogP contribution in [0.5, 0.6) is 0 Å². The molecule has 2 heterocycles. The van der Waals surface area contributed by atoms with E-state index in [9.17, 15) is 4.79 Å². The maximum Gasteiger partial charge on any atom is 0.244 e. The van der Waals surface area contributed by atoms with Gasteiger partial charge in [0, 0.05) is 36.3 Å². The number of carbonyl (C=O) groups is 1. The van der Waals surface area contributed by atoms with Gasteiger partial charge in [-0.3, -0.25) is 4.79 Å². The molecule has 0 radical (unpaired) electrons. The maximum absolute atomic E-state index is 12.0. The van der Waals surface area contributed by atoms with Crippen LogP contribution in [-0.2, 0) is 9.53 Å². The maximum atomic E-state index is 12.0. The molecule has 0 bridgehead atoms. The van der Waals surface area contributed by atoms with Gasteiger partial charge in [0.25, 0.3) is 0 Å². The summed E-state index contributed by atoms with van der Waals surface area (Å²) in [6.45, 7) is 7.65. The minimum absolute atomic E-state index is 0.0735. The molecule has 1 atom stereocenters. The zero-order valence-electron chi connectivity index (χ0n) is 15.2. The number of aryl methyl sites for hydroxylation is 2. The fourth-order valence-electron chi connectivity index (χ4n) is 3.29. The number of ether oxygens (including phenoxy) is 1. The van der Waals surface area contributed by atoms with E-state index in [0.717, 1.165) is 42.1 Å². The molecule has 25 heavy (non-hydrogen) atoms. The van der Waals surface area contributed by atoms with E-state index in [-0.39, 0.29) is 12.0 Å². The van der Waals surface area contributed by atoms with Crippen molar-refractivity contribution in [2.24, 2.45) is 0 Å². The lowest BCUT2D eigenvalue weighted by molar-refractivity contribution is -0.116. The predicted molar refractivity (Wildman–Crippen MR) is 101 cm³/mol. The number of amides is 1. The fourth-order valence-corrected chi connectivity index (χ4v) is 3.29. The first kappa shape index (κ1) is 17.5. The number of rotatable bonds is 5. The van der Waals surface area contributed by atoms with Gasteiger partial charge < -0.3 is 14.6 Å². The largest absolute Gasteiger partial charge is 0.376 e. The Bertz CT molecular complexity index is 766. The van der Waals surface area contributed by atoms with Crippen LogP contribution in [0.25, 0.3) is 11.8 Å². The van der Waals surface area contributed by atoms with E-state index in [0.29, 0.717) is 6.54 Å². The molecule has 1 aromatic carbocycles. The summed E-state index contributed by atoms with van der Waals surface area (Å²) < 4.78 is 7.73. The molecule has 1 aromatic heterocycles. The van der Waals surface area contributed by atoms with Crippen molar-refractivity contribution >= 4 is 12.0 Å². The smallest absolute Gasteiger partial charge is 0.244 e. The zero-order valence-corrected chi connectivity index (χ0v) is 15.2. The van der Waals surface area contributed by atoms with Crippen molar-refractivity contribution in [1.82, 2.24) is 9.88 Å². The SMILES string of the molecule is Cc1ccc(-n2c(C)cc(C=CC(=O)NCC3CCCO3)c2C)cc1. The Labute approximate surface area is 149 Å². The van der Waals surface area contributed by atoms with Gasteiger partial charge in [0.05, 0.1) is 6.10 Å². The second-order valence-corrected chi connectivity index (χ2v) is 6.71. The highest BCUT2D eigenvalue weighted by molar-refractivity contribution is 5.91. The Morgan fingerprint density at radius 1 is 1.28 bits per heavy atom. The molecule has 1 amide bonds. The molecule has 1 fully saturated rings. The second-order valence-electron chi connectivity index (χ2n) is 6.71. The number of benzene rings is 1. The van der Waals surface area contributed by atoms with E-state index < -0.39 is 0 Å². The van der Waals surface area contributed by atoms with Crippen molar-refractivity contribution < 1.29 is 9.53 Å². The lowest BCUT2D eigenvalue weighted by atomic mass is 10.2. The zero-order chi connectivity index (χ0) is 17.8. The highest BCUT2D eigenvalue weighted by atomic mass is 16.5. The second kappa shape index (κ2) is 7.70. The molecule has 1 aliphatic heterocycles. The van der Waals surface area contributed by atoms with Gasteiger partial charge in [0.1, 0.15) is 0 Å². The molecular formula is C21H26N2O2. The summed E-state index contributed by atoms with van der Waals surface area (Å²) in [5.74, 6) is -0.0735. The Kier molecular flexibility index (Phi) is 5.39. The van der Waals surface area contributed by atoms with E-state index in [1.807, 2.05) is 6.08 Å². The van der Waals surface area contributed by atoms with E-state index in [2.05, 4.69) is 61.0 Å². The Balaban J connectivity index is 1.69. The minimum atomic E-state index is -0.0735. The molecule has 0 aliphatic carbocycles. The monoisotopic (exact) mass is 338 g/mol. The van der Waals surface area contributed by atoms with Gasteiger partial charge >= 0.3 is 0 Å². The summed E-state index contributed by atoms with van der Waals surface area (Å²) >= 11 is 0. The number of aromatic nitrogens is 1. The molecule has 2 aromatic rings. The summed E-state index contributed by atoms with van der Waals surface area (Å²) in [4.78, 5) is 12.0. The first-order chi connectivity index (χ1) is 12.0. The number of nitrogens with one attached hydrogen (secondary N) is 1. The number of hydrogen-bond donors (Lipinski definition) is 1. The van der Waals surface area contributed by atoms with Gasteiger partial charge in [-0.05, 0) is 63.5 Å². The molecule has 4 nitrogen and oxygen atoms in total. The lowest BCUT2D eigenvalue weighted by Gasteiger charge is -2.10. The van der Waals surface area contributed by atoms with Crippen molar-refractivity contribution in [1.29, 1.82) is 0 Å². The number of nitrogens with zero attached hydrogens (tertiary/aromatic N) is 1. The lowest BCUT2D eigenvalue weighted by Crippen LogP contribution is -2.30. The van der Waals surface area contributed by atoms with E-state index >= 15 is 0 Å². The Morgan fingerprint density at radius 3 is 2.72 bits per heavy atom. The molecule has 4 heteroatoms. The number of hydrogen-bond acceptors (Lipinski definition) is 2. The van der Waals surface area contributed by atoms with Crippen LogP contribution in [-0.4, -0.2) is 29.7 Å². The molecule has 1 N–H and O–H groups in total. The van der Waals surface area contributed by atoms with Crippen LogP contribution in [0, 0.1) is 20.8 Å². The molecule has 0 saturated carbocycles. The quantitative estimate of drug-likeness (QED) is 0.845. The van der Waals surface area contributed by atoms with E-state index in [1.54, 1.807) is 6.08 Å². The molecule has 1 aliphatic rings. The van der Waals surface area contributed by atoms with Crippen LogP contribution in [0.15, 0.2) is 36.4 Å². The van der Waals surface area contributed by atoms with Crippen molar-refractivity contribution in [2.45, 2.75) is 39.7 Å². The summed E-state index contributed by atoms with van der Waals surface area (Å²) in [7, 11) is 0. The average Bonchev–Trinajstić information content (AvgIpc) is 3.20. The topological polar surface area (TPSA) is 43.3 Å². The van der Waals surface area contributed by atoms with Crippen LogP contribution in [0.4, 0.5) is 0 Å². The van der Waals surface area contributed by atoms with Crippen LogP contribution in [0.2, 0.25) is 0 Å². The summed E-state index contributed by atoms with van der Waals surface area (Å²) in [6.07, 6.45) is 5.78. The normalized spacial score (nSPS) is 17.3. The summed E-state index contributed by atoms with van der Waals surface area (Å²) in [6, 6.07) is 10.6. The molecule has 1 unspecified atom stereocenters. The minimum Gasteiger partial charge on any atom is -0.376 e. The van der Waals surface area contributed by atoms with E-state index in [4.69, 9.17) is 4.74 Å². The third kappa shape index (κ3) is 4.20. The van der Waals surface area contributed by atoms with Gasteiger partial charge in [-0.25, -0.2) is 0 Å². The third-order valence-corrected chi connectivity index (χ3v) is 4.70. The van der Waals surface area contributed by atoms with Crippen molar-refractivity contribution in [3.8, 4) is 5.69 Å². The predicted octanol–water partition coefficient (Wildman–Crippen LogP) is 3.71. The first-order valence-corrected chi connectivity index (χ1v) is 8.88. The summed E-state index contributed by atoms with van der Waals surface area (Å²) in [5.41, 5.74) is 5.73. The Hall–Kier alpha value is -2.33. The van der Waals surface area contributed by atoms with Crippen molar-refractivity contribution in [3.05, 3.63) is 58.9 Å². The van der Waals surface area contributed by atoms with Crippen LogP contribution < -0.4 is 5.32 Å². The molecular weight excluding hydrogens is 312 g/mol. The van der Waals surface area contributed by atoms with Crippen molar-refractivity contribution in [3.63, 3.8) is 0 Å². The molecule has 1 saturated heterocycles. The standard InChI is InChI=1S/C21H26N2O2/c1-15-6-9-19(10-7-15)23-16(2)13-18(17(23)3)8-11-21(24)22-14-20-5-4-12-25-20/h6-11,13,20H,4-5,12,14H2,1-3H3,(H,22,24). The molecule has 0 spiro atoms. The Morgan fingerprint density at radius 2 is 2.04 bits per heavy atom. The third-order valence-electron chi connectivity index (χ3n) is 4.70. The van der Waals surface area contributed by atoms with E-state index in [1.165, 1.54) is 5.56 Å². The highest BCUT2D eigenvalue weighted by Crippen LogP contribution is 2.22. The fraction of sp³-hybridized carbons (Fsp3) is 0.381. The van der Waals surface area contributed by atoms with Gasteiger partial charge in [-0.15, -0.1) is 0 Å². The molecule has 132 valence electrons. The van der Waals surface area contributed by atoms with Crippen molar-refractivity contribution in [2.75, 3.05) is 13.2 Å². The summed E-state index contributed by atoms with van der Waals surface area (Å²) in [5, 5.41) is 2.92. The van der Waals surface area contributed by atoms with Gasteiger partial charge in [0.15, 0.2) is 0 Å². The first-order valence-electron chi connectivity index (χ1n) is 8.88. The number of carbonyl (C=O) groups excluding carboxylic acids is 1. The average molecular weight is 338 g/mol. The van der Waals surface area contributed by atoms with Gasteiger partial charge in [-0.1, -0.05) is 17.7 Å². The van der Waals surface area contributed by atoms with Crippen LogP contribution in [0.3, 0.4) is 0 Å². The van der Waals surface area contributed by atoms with Crippen LogP contribution in [0.1, 0.15) is 35.4 Å². The molecule has 3 rings (SSSR count). The van der Waals surface area contributed by atoms with Crippen LogP contribution >= 0.6 is 0 Å². The van der Waals surface area contributed by atoms with Gasteiger partial charge in [-0.2, -0.15) is 0 Å². The highest BCUT2D eigenvalue weighted by Gasteiger charge is 2.15.